The van der Waals surface area contributed by atoms with Crippen LogP contribution in [0.25, 0.3) is 0 Å². The molecule has 8 heteroatoms. The van der Waals surface area contributed by atoms with Crippen molar-refractivity contribution in [3.05, 3.63) is 45.2 Å². The minimum Gasteiger partial charge on any atom is -0.355 e. The predicted octanol–water partition coefficient (Wildman–Crippen LogP) is 3.33. The summed E-state index contributed by atoms with van der Waals surface area (Å²) in [6, 6.07) is 7.19. The Kier molecular flexibility index (Phi) is 6.93. The Morgan fingerprint density at radius 1 is 1.30 bits per heavy atom. The Morgan fingerprint density at radius 2 is 2.10 bits per heavy atom. The van der Waals surface area contributed by atoms with Crippen LogP contribution in [0.2, 0.25) is 5.02 Å². The highest BCUT2D eigenvalue weighted by Gasteiger charge is 2.32. The molecule has 2 aliphatic rings. The van der Waals surface area contributed by atoms with Gasteiger partial charge in [0.15, 0.2) is 0 Å². The molecule has 4 rings (SSSR count). The van der Waals surface area contributed by atoms with Crippen LogP contribution in [0.3, 0.4) is 0 Å². The monoisotopic (exact) mass is 447 g/mol. The Hall–Kier alpha value is -1.67. The summed E-state index contributed by atoms with van der Waals surface area (Å²) in [5, 5.41) is 5.31. The molecule has 0 unspecified atom stereocenters. The van der Waals surface area contributed by atoms with Gasteiger partial charge in [-0.1, -0.05) is 17.7 Å². The molecule has 1 atom stereocenters. The number of thiophene rings is 1. The number of rotatable bonds is 5. The second-order valence-corrected chi connectivity index (χ2v) is 9.67. The SMILES string of the molecule is CNC(=O)c1cnc(N2CCN(C3CCN(Cc4cccs4)CC3)[C@@H](C)C2)c(Cl)c1. The van der Waals surface area contributed by atoms with Gasteiger partial charge in [-0.15, -0.1) is 11.3 Å². The van der Waals surface area contributed by atoms with E-state index in [2.05, 4.69) is 49.4 Å². The number of hydrogen-bond acceptors (Lipinski definition) is 6. The molecule has 0 aliphatic carbocycles. The second-order valence-electron chi connectivity index (χ2n) is 8.23. The molecular weight excluding hydrogens is 418 g/mol. The van der Waals surface area contributed by atoms with Gasteiger partial charge in [-0.25, -0.2) is 4.98 Å². The van der Waals surface area contributed by atoms with Crippen LogP contribution < -0.4 is 10.2 Å². The van der Waals surface area contributed by atoms with Gasteiger partial charge in [0, 0.05) is 69.5 Å². The Morgan fingerprint density at radius 3 is 2.73 bits per heavy atom. The molecule has 2 aromatic rings. The van der Waals surface area contributed by atoms with E-state index in [9.17, 15) is 4.79 Å². The standard InChI is InChI=1S/C22H30ClN5OS/c1-16-14-27(21-20(23)12-17(13-25-21)22(29)24-2)9-10-28(16)18-5-7-26(8-6-18)15-19-4-3-11-30-19/h3-4,11-13,16,18H,5-10,14-15H2,1-2H3,(H,24,29)/t16-/m0/s1. The number of piperazine rings is 1. The first kappa shape index (κ1) is 21.6. The van der Waals surface area contributed by atoms with Crippen molar-refractivity contribution >= 4 is 34.7 Å². The molecule has 2 aliphatic heterocycles. The minimum absolute atomic E-state index is 0.167. The molecular formula is C22H30ClN5OS. The number of nitrogens with one attached hydrogen (secondary N) is 1. The van der Waals surface area contributed by atoms with Gasteiger partial charge in [0.25, 0.3) is 5.91 Å². The molecule has 0 aromatic carbocycles. The summed E-state index contributed by atoms with van der Waals surface area (Å²) in [4.78, 5) is 25.3. The largest absolute Gasteiger partial charge is 0.355 e. The first-order valence-corrected chi connectivity index (χ1v) is 11.9. The van der Waals surface area contributed by atoms with Gasteiger partial charge >= 0.3 is 0 Å². The third kappa shape index (κ3) is 4.80. The topological polar surface area (TPSA) is 51.7 Å². The van der Waals surface area contributed by atoms with E-state index in [1.54, 1.807) is 19.3 Å². The van der Waals surface area contributed by atoms with Crippen molar-refractivity contribution in [3.63, 3.8) is 0 Å². The van der Waals surface area contributed by atoms with E-state index in [1.807, 2.05) is 11.3 Å². The third-order valence-corrected chi connectivity index (χ3v) is 7.41. The molecule has 4 heterocycles. The lowest BCUT2D eigenvalue weighted by atomic mass is 9.99. The van der Waals surface area contributed by atoms with Gasteiger partial charge in [0.2, 0.25) is 0 Å². The molecule has 1 N–H and O–H groups in total. The predicted molar refractivity (Wildman–Crippen MR) is 124 cm³/mol. The van der Waals surface area contributed by atoms with Gasteiger partial charge in [0.05, 0.1) is 10.6 Å². The van der Waals surface area contributed by atoms with Crippen LogP contribution in [-0.2, 0) is 6.54 Å². The molecule has 6 nitrogen and oxygen atoms in total. The molecule has 2 aromatic heterocycles. The van der Waals surface area contributed by atoms with Gasteiger partial charge in [0.1, 0.15) is 5.82 Å². The molecule has 0 bridgehead atoms. The fourth-order valence-electron chi connectivity index (χ4n) is 4.67. The van der Waals surface area contributed by atoms with Crippen LogP contribution in [0.5, 0.6) is 0 Å². The number of likely N-dealkylation sites (tertiary alicyclic amines) is 1. The summed E-state index contributed by atoms with van der Waals surface area (Å²) in [5.41, 5.74) is 0.493. The Balaban J connectivity index is 1.32. The van der Waals surface area contributed by atoms with Gasteiger partial charge in [-0.2, -0.15) is 0 Å². The number of carbonyl (C=O) groups excluding carboxylic acids is 1. The second kappa shape index (κ2) is 9.64. The highest BCUT2D eigenvalue weighted by atomic mass is 35.5. The van der Waals surface area contributed by atoms with Crippen molar-refractivity contribution in [3.8, 4) is 0 Å². The van der Waals surface area contributed by atoms with Crippen molar-refractivity contribution in [2.75, 3.05) is 44.7 Å². The maximum absolute atomic E-state index is 11.8. The molecule has 0 spiro atoms. The van der Waals surface area contributed by atoms with E-state index in [0.29, 0.717) is 22.7 Å². The van der Waals surface area contributed by atoms with Crippen molar-refractivity contribution in [1.29, 1.82) is 0 Å². The van der Waals surface area contributed by atoms with Gasteiger partial charge in [-0.05, 0) is 37.3 Å². The number of pyridine rings is 1. The van der Waals surface area contributed by atoms with E-state index in [-0.39, 0.29) is 5.91 Å². The normalized spacial score (nSPS) is 21.7. The summed E-state index contributed by atoms with van der Waals surface area (Å²) >= 11 is 8.32. The summed E-state index contributed by atoms with van der Waals surface area (Å²) < 4.78 is 0. The molecule has 0 radical (unpaired) electrons. The van der Waals surface area contributed by atoms with Crippen LogP contribution in [0, 0.1) is 0 Å². The molecule has 2 saturated heterocycles. The van der Waals surface area contributed by atoms with E-state index < -0.39 is 0 Å². The summed E-state index contributed by atoms with van der Waals surface area (Å²) in [6.45, 7) is 8.56. The Labute approximate surface area is 187 Å². The number of aromatic nitrogens is 1. The number of anilines is 1. The third-order valence-electron chi connectivity index (χ3n) is 6.28. The van der Waals surface area contributed by atoms with Crippen molar-refractivity contribution in [1.82, 2.24) is 20.1 Å². The fraction of sp³-hybridized carbons (Fsp3) is 0.545. The molecule has 2 fully saturated rings. The zero-order valence-electron chi connectivity index (χ0n) is 17.7. The lowest BCUT2D eigenvalue weighted by molar-refractivity contribution is 0.0693. The van der Waals surface area contributed by atoms with Crippen LogP contribution in [0.1, 0.15) is 35.0 Å². The number of hydrogen-bond donors (Lipinski definition) is 1. The molecule has 1 amide bonds. The zero-order chi connectivity index (χ0) is 21.1. The quantitative estimate of drug-likeness (QED) is 0.761. The number of piperidine rings is 1. The minimum atomic E-state index is -0.167. The lowest BCUT2D eigenvalue weighted by Crippen LogP contribution is -2.57. The summed E-state index contributed by atoms with van der Waals surface area (Å²) in [6.07, 6.45) is 4.07. The zero-order valence-corrected chi connectivity index (χ0v) is 19.3. The smallest absolute Gasteiger partial charge is 0.252 e. The average Bonchev–Trinajstić information content (AvgIpc) is 3.27. The van der Waals surface area contributed by atoms with E-state index in [4.69, 9.17) is 11.6 Å². The van der Waals surface area contributed by atoms with Gasteiger partial charge < -0.3 is 10.2 Å². The van der Waals surface area contributed by atoms with Gasteiger partial charge in [-0.3, -0.25) is 14.6 Å². The van der Waals surface area contributed by atoms with Crippen molar-refractivity contribution < 1.29 is 4.79 Å². The maximum Gasteiger partial charge on any atom is 0.252 e. The molecule has 162 valence electrons. The van der Waals surface area contributed by atoms with Crippen molar-refractivity contribution in [2.24, 2.45) is 0 Å². The number of carbonyl (C=O) groups is 1. The van der Waals surface area contributed by atoms with Crippen molar-refractivity contribution in [2.45, 2.75) is 38.4 Å². The molecule has 30 heavy (non-hydrogen) atoms. The van der Waals surface area contributed by atoms with Crippen LogP contribution in [-0.4, -0.2) is 72.5 Å². The van der Waals surface area contributed by atoms with Crippen LogP contribution in [0.15, 0.2) is 29.8 Å². The summed E-state index contributed by atoms with van der Waals surface area (Å²) in [7, 11) is 1.61. The number of nitrogens with zero attached hydrogens (tertiary/aromatic N) is 4. The number of amides is 1. The fourth-order valence-corrected chi connectivity index (χ4v) is 5.70. The highest BCUT2D eigenvalue weighted by molar-refractivity contribution is 7.09. The maximum atomic E-state index is 11.8. The number of halogens is 1. The van der Waals surface area contributed by atoms with E-state index >= 15 is 0 Å². The first-order chi connectivity index (χ1) is 14.5. The lowest BCUT2D eigenvalue weighted by Gasteiger charge is -2.46. The highest BCUT2D eigenvalue weighted by Crippen LogP contribution is 2.29. The van der Waals surface area contributed by atoms with Crippen LogP contribution in [0.4, 0.5) is 5.82 Å². The molecule has 0 saturated carbocycles. The van der Waals surface area contributed by atoms with E-state index in [1.165, 1.54) is 30.8 Å². The average molecular weight is 448 g/mol. The van der Waals surface area contributed by atoms with Crippen LogP contribution >= 0.6 is 22.9 Å². The summed E-state index contributed by atoms with van der Waals surface area (Å²) in [5.74, 6) is 0.612. The Bertz CT molecular complexity index is 853. The van der Waals surface area contributed by atoms with E-state index in [0.717, 1.165) is 32.0 Å². The first-order valence-electron chi connectivity index (χ1n) is 10.7.